The number of piperidine rings is 2. The second kappa shape index (κ2) is 4.98. The first kappa shape index (κ1) is 14.5. The number of benzene rings is 1. The van der Waals surface area contributed by atoms with Crippen LogP contribution in [0, 0.1) is 10.8 Å². The van der Waals surface area contributed by atoms with Crippen LogP contribution in [0.2, 0.25) is 0 Å². The maximum absolute atomic E-state index is 4.71. The van der Waals surface area contributed by atoms with Gasteiger partial charge in [-0.3, -0.25) is 9.80 Å². The molecule has 0 amide bonds. The molecule has 0 spiro atoms. The Hall–Kier alpha value is -1.04. The second-order valence-electron chi connectivity index (χ2n) is 7.48. The van der Waals surface area contributed by atoms with E-state index in [1.807, 2.05) is 30.5 Å². The zero-order valence-corrected chi connectivity index (χ0v) is 14.7. The third kappa shape index (κ3) is 2.36. The van der Waals surface area contributed by atoms with Crippen molar-refractivity contribution in [1.82, 2.24) is 9.80 Å². The van der Waals surface area contributed by atoms with Gasteiger partial charge in [0.25, 0.3) is 0 Å². The molecule has 1 aromatic carbocycles. The van der Waals surface area contributed by atoms with Crippen LogP contribution in [0.1, 0.15) is 19.4 Å². The third-order valence-corrected chi connectivity index (χ3v) is 5.60. The lowest BCUT2D eigenvalue weighted by Gasteiger charge is -2.62. The van der Waals surface area contributed by atoms with Gasteiger partial charge < -0.3 is 0 Å². The molecule has 1 aromatic rings. The molecule has 4 aliphatic rings. The summed E-state index contributed by atoms with van der Waals surface area (Å²) < 4.78 is 1.08. The molecule has 4 fully saturated rings. The summed E-state index contributed by atoms with van der Waals surface area (Å²) in [4.78, 5) is 5.12. The highest BCUT2D eigenvalue weighted by atomic mass is 79.9. The van der Waals surface area contributed by atoms with Crippen molar-refractivity contribution in [3.63, 3.8) is 0 Å². The Morgan fingerprint density at radius 3 is 2.09 bits per heavy atom. The van der Waals surface area contributed by atoms with Crippen LogP contribution in [0.15, 0.2) is 38.9 Å². The van der Waals surface area contributed by atoms with Gasteiger partial charge in [-0.25, -0.2) is 0 Å². The van der Waals surface area contributed by atoms with E-state index in [1.165, 1.54) is 5.71 Å². The normalized spacial score (nSPS) is 39.7. The zero-order valence-electron chi connectivity index (χ0n) is 13.1. The van der Waals surface area contributed by atoms with Crippen molar-refractivity contribution in [2.75, 3.05) is 32.8 Å². The quantitative estimate of drug-likeness (QED) is 0.599. The van der Waals surface area contributed by atoms with Gasteiger partial charge in [0, 0.05) is 41.5 Å². The summed E-state index contributed by atoms with van der Waals surface area (Å²) >= 11 is 3.45. The molecule has 116 valence electrons. The molecule has 4 aliphatic heterocycles. The Balaban J connectivity index is 1.62. The van der Waals surface area contributed by atoms with Crippen molar-refractivity contribution >= 4 is 27.9 Å². The standard InChI is InChI=1S/C17H21BrN4/c1-16-8-21-10-17(2,11-22(9-16)12-21)15(16)20-19-7-13-3-5-14(18)6-4-13/h3-7H,8-12H2,1-2H3/b19-7+,20-15?. The highest BCUT2D eigenvalue weighted by Gasteiger charge is 2.57. The van der Waals surface area contributed by atoms with Crippen LogP contribution in [0.25, 0.3) is 0 Å². The van der Waals surface area contributed by atoms with Gasteiger partial charge in [0.15, 0.2) is 0 Å². The zero-order chi connectivity index (χ0) is 15.4. The lowest BCUT2D eigenvalue weighted by molar-refractivity contribution is -0.0738. The number of hydrogen-bond donors (Lipinski definition) is 0. The van der Waals surface area contributed by atoms with Crippen LogP contribution < -0.4 is 0 Å². The highest BCUT2D eigenvalue weighted by Crippen LogP contribution is 2.46. The smallest absolute Gasteiger partial charge is 0.0574 e. The summed E-state index contributed by atoms with van der Waals surface area (Å²) in [5, 5.41) is 9.12. The predicted molar refractivity (Wildman–Crippen MR) is 93.4 cm³/mol. The van der Waals surface area contributed by atoms with Gasteiger partial charge in [0.2, 0.25) is 0 Å². The molecule has 22 heavy (non-hydrogen) atoms. The summed E-state index contributed by atoms with van der Waals surface area (Å²) in [7, 11) is 0. The molecule has 4 bridgehead atoms. The Bertz CT molecular complexity index is 611. The maximum atomic E-state index is 4.71. The van der Waals surface area contributed by atoms with Crippen molar-refractivity contribution < 1.29 is 0 Å². The molecule has 0 atom stereocenters. The summed E-state index contributed by atoms with van der Waals surface area (Å²) in [5.41, 5.74) is 2.68. The molecule has 0 radical (unpaired) electrons. The first-order valence-corrected chi connectivity index (χ1v) is 8.59. The van der Waals surface area contributed by atoms with E-state index < -0.39 is 0 Å². The lowest BCUT2D eigenvalue weighted by atomic mass is 9.62. The fourth-order valence-corrected chi connectivity index (χ4v) is 4.90. The highest BCUT2D eigenvalue weighted by molar-refractivity contribution is 9.10. The summed E-state index contributed by atoms with van der Waals surface area (Å²) in [6.45, 7) is 10.3. The molecule has 5 heteroatoms. The summed E-state index contributed by atoms with van der Waals surface area (Å²) in [5.74, 6) is 0. The molecular weight excluding hydrogens is 340 g/mol. The average molecular weight is 361 g/mol. The molecule has 0 unspecified atom stereocenters. The van der Waals surface area contributed by atoms with Gasteiger partial charge in [-0.2, -0.15) is 10.2 Å². The Morgan fingerprint density at radius 2 is 1.55 bits per heavy atom. The number of halogens is 1. The van der Waals surface area contributed by atoms with Gasteiger partial charge in [0.1, 0.15) is 0 Å². The van der Waals surface area contributed by atoms with Crippen molar-refractivity contribution in [3.05, 3.63) is 34.3 Å². The molecule has 0 saturated carbocycles. The first-order chi connectivity index (χ1) is 10.5. The molecule has 0 aliphatic carbocycles. The minimum absolute atomic E-state index is 0.153. The van der Waals surface area contributed by atoms with Crippen LogP contribution in [0.4, 0.5) is 0 Å². The molecule has 4 heterocycles. The molecule has 5 rings (SSSR count). The van der Waals surface area contributed by atoms with Crippen molar-refractivity contribution in [1.29, 1.82) is 0 Å². The fraction of sp³-hybridized carbons (Fsp3) is 0.529. The molecular formula is C17H21BrN4. The lowest BCUT2D eigenvalue weighted by Crippen LogP contribution is -2.74. The predicted octanol–water partition coefficient (Wildman–Crippen LogP) is 2.84. The van der Waals surface area contributed by atoms with Crippen molar-refractivity contribution in [2.24, 2.45) is 21.0 Å². The van der Waals surface area contributed by atoms with Crippen LogP contribution >= 0.6 is 15.9 Å². The minimum Gasteiger partial charge on any atom is -0.289 e. The van der Waals surface area contributed by atoms with E-state index >= 15 is 0 Å². The van der Waals surface area contributed by atoms with Gasteiger partial charge in [-0.05, 0) is 17.7 Å². The topological polar surface area (TPSA) is 31.2 Å². The van der Waals surface area contributed by atoms with Crippen molar-refractivity contribution in [3.8, 4) is 0 Å². The number of hydrogen-bond acceptors (Lipinski definition) is 4. The van der Waals surface area contributed by atoms with Crippen LogP contribution in [-0.4, -0.2) is 54.6 Å². The number of nitrogens with zero attached hydrogens (tertiary/aromatic N) is 4. The van der Waals surface area contributed by atoms with Gasteiger partial charge >= 0.3 is 0 Å². The summed E-state index contributed by atoms with van der Waals surface area (Å²) in [6.07, 6.45) is 1.86. The third-order valence-electron chi connectivity index (χ3n) is 5.07. The van der Waals surface area contributed by atoms with Gasteiger partial charge in [-0.15, -0.1) is 0 Å². The summed E-state index contributed by atoms with van der Waals surface area (Å²) in [6, 6.07) is 8.15. The van der Waals surface area contributed by atoms with E-state index in [0.717, 1.165) is 42.9 Å². The molecule has 4 nitrogen and oxygen atoms in total. The van der Waals surface area contributed by atoms with E-state index in [9.17, 15) is 0 Å². The van der Waals surface area contributed by atoms with E-state index in [4.69, 9.17) is 5.10 Å². The van der Waals surface area contributed by atoms with E-state index in [-0.39, 0.29) is 10.8 Å². The van der Waals surface area contributed by atoms with E-state index in [1.54, 1.807) is 0 Å². The Kier molecular flexibility index (Phi) is 3.29. The molecule has 0 aromatic heterocycles. The Labute approximate surface area is 140 Å². The van der Waals surface area contributed by atoms with E-state index in [2.05, 4.69) is 44.7 Å². The van der Waals surface area contributed by atoms with Crippen LogP contribution in [0.5, 0.6) is 0 Å². The van der Waals surface area contributed by atoms with Crippen LogP contribution in [-0.2, 0) is 0 Å². The SMILES string of the molecule is CC12CN3CN(C1)CC(C)(C3)C2=N/N=C/c1ccc(Br)cc1. The van der Waals surface area contributed by atoms with Gasteiger partial charge in [-0.1, -0.05) is 41.9 Å². The monoisotopic (exact) mass is 360 g/mol. The van der Waals surface area contributed by atoms with Gasteiger partial charge in [0.05, 0.1) is 18.6 Å². The largest absolute Gasteiger partial charge is 0.289 e. The second-order valence-corrected chi connectivity index (χ2v) is 8.40. The minimum atomic E-state index is 0.153. The average Bonchev–Trinajstić information content (AvgIpc) is 2.42. The number of rotatable bonds is 2. The molecule has 0 N–H and O–H groups in total. The maximum Gasteiger partial charge on any atom is 0.0574 e. The van der Waals surface area contributed by atoms with Crippen LogP contribution in [0.3, 0.4) is 0 Å². The first-order valence-electron chi connectivity index (χ1n) is 7.79. The fourth-order valence-electron chi connectivity index (χ4n) is 4.64. The van der Waals surface area contributed by atoms with E-state index in [0.29, 0.717) is 0 Å². The molecule has 4 saturated heterocycles. The van der Waals surface area contributed by atoms with Crippen molar-refractivity contribution in [2.45, 2.75) is 13.8 Å². The Morgan fingerprint density at radius 1 is 1.00 bits per heavy atom.